The number of benzene rings is 3. The SMILES string of the molecule is COC(=O)N[C@H](C(=O)N[C@@H](Cc1ccc(-c2ccccn2)cc1)C[C@H](O)[C@H](Cc1ccccc1)NC(=O)[C@@H](N1CCN(Cc2ccccc2N)C1=O)C(C)(C)C)C(C)(C)C. The van der Waals surface area contributed by atoms with Crippen molar-refractivity contribution in [3.8, 4) is 11.3 Å². The Balaban J connectivity index is 1.42. The Morgan fingerprint density at radius 3 is 2.05 bits per heavy atom. The number of carbonyl (C=O) groups excluding carboxylic acids is 4. The Morgan fingerprint density at radius 1 is 0.783 bits per heavy atom. The van der Waals surface area contributed by atoms with Crippen LogP contribution in [-0.2, 0) is 33.7 Å². The van der Waals surface area contributed by atoms with Gasteiger partial charge in [-0.2, -0.15) is 0 Å². The number of nitrogens with one attached hydrogen (secondary N) is 3. The van der Waals surface area contributed by atoms with Crippen LogP contribution in [0, 0.1) is 10.8 Å². The molecule has 6 N–H and O–H groups in total. The van der Waals surface area contributed by atoms with Crippen molar-refractivity contribution < 1.29 is 29.0 Å². The molecule has 5 atom stereocenters. The van der Waals surface area contributed by atoms with Gasteiger partial charge in [0.2, 0.25) is 11.8 Å². The van der Waals surface area contributed by atoms with Crippen LogP contribution in [0.4, 0.5) is 15.3 Å². The van der Waals surface area contributed by atoms with E-state index in [9.17, 15) is 24.3 Å². The van der Waals surface area contributed by atoms with Crippen molar-refractivity contribution in [2.24, 2.45) is 10.8 Å². The molecule has 0 radical (unpaired) electrons. The van der Waals surface area contributed by atoms with Gasteiger partial charge in [-0.1, -0.05) is 120 Å². The molecule has 0 unspecified atom stereocenters. The Kier molecular flexibility index (Phi) is 14.9. The number of alkyl carbamates (subject to hydrolysis) is 1. The maximum atomic E-state index is 14.6. The first kappa shape index (κ1) is 45.1. The molecule has 3 aromatic carbocycles. The van der Waals surface area contributed by atoms with Gasteiger partial charge in [-0.05, 0) is 65.0 Å². The summed E-state index contributed by atoms with van der Waals surface area (Å²) < 4.78 is 4.84. The lowest BCUT2D eigenvalue weighted by Crippen LogP contribution is -2.59. The molecular weight excluding hydrogens is 759 g/mol. The standard InChI is InChI=1S/C47H61N7O6/c1-46(2,3)40(52-44(58)60-7)42(56)50-35(27-32-20-22-33(23-21-32)37-19-13-14-24-49-37)29-39(55)38(28-31-15-9-8-10-16-31)51-43(57)41(47(4,5)6)54-26-25-53(45(54)59)30-34-17-11-12-18-36(34)48/h8-24,35,38-41,55H,25-30,48H2,1-7H3,(H,50,56)(H,51,57)(H,52,58)/t35-,38-,39-,40+,41+/m0/s1. The number of rotatable bonds is 16. The van der Waals surface area contributed by atoms with Crippen molar-refractivity contribution in [1.82, 2.24) is 30.7 Å². The Morgan fingerprint density at radius 2 is 1.43 bits per heavy atom. The highest BCUT2D eigenvalue weighted by atomic mass is 16.5. The van der Waals surface area contributed by atoms with Gasteiger partial charge in [0.1, 0.15) is 12.1 Å². The van der Waals surface area contributed by atoms with Crippen LogP contribution in [0.5, 0.6) is 0 Å². The molecule has 13 nitrogen and oxygen atoms in total. The first-order valence-electron chi connectivity index (χ1n) is 20.5. The topological polar surface area (TPSA) is 179 Å². The van der Waals surface area contributed by atoms with E-state index in [-0.39, 0.29) is 18.9 Å². The number of aliphatic hydroxyl groups excluding tert-OH is 1. The van der Waals surface area contributed by atoms with Crippen LogP contribution in [0.3, 0.4) is 0 Å². The van der Waals surface area contributed by atoms with E-state index < -0.39 is 59.0 Å². The molecule has 1 fully saturated rings. The molecule has 1 aromatic heterocycles. The maximum Gasteiger partial charge on any atom is 0.407 e. The Hall–Kier alpha value is -5.95. The highest BCUT2D eigenvalue weighted by Crippen LogP contribution is 2.30. The molecule has 1 aliphatic heterocycles. The Bertz CT molecular complexity index is 2050. The number of nitrogen functional groups attached to an aromatic ring is 1. The zero-order chi connectivity index (χ0) is 43.6. The van der Waals surface area contributed by atoms with Crippen LogP contribution in [0.1, 0.15) is 64.7 Å². The van der Waals surface area contributed by atoms with Crippen molar-refractivity contribution in [2.75, 3.05) is 25.9 Å². The molecule has 2 heterocycles. The third-order valence-corrected chi connectivity index (χ3v) is 10.9. The second-order valence-corrected chi connectivity index (χ2v) is 17.7. The number of aromatic nitrogens is 1. The number of hydrogen-bond acceptors (Lipinski definition) is 8. The molecule has 0 spiro atoms. The van der Waals surface area contributed by atoms with E-state index >= 15 is 0 Å². The molecule has 320 valence electrons. The number of nitrogens with zero attached hydrogens (tertiary/aromatic N) is 3. The number of hydrogen-bond donors (Lipinski definition) is 5. The van der Waals surface area contributed by atoms with Crippen LogP contribution in [-0.4, -0.2) is 94.3 Å². The fourth-order valence-corrected chi connectivity index (χ4v) is 7.70. The number of para-hydroxylation sites is 1. The van der Waals surface area contributed by atoms with Crippen molar-refractivity contribution in [1.29, 1.82) is 0 Å². The van der Waals surface area contributed by atoms with Crippen molar-refractivity contribution in [3.63, 3.8) is 0 Å². The van der Waals surface area contributed by atoms with Crippen LogP contribution in [0.2, 0.25) is 0 Å². The van der Waals surface area contributed by atoms with Crippen LogP contribution in [0.25, 0.3) is 11.3 Å². The predicted octanol–water partition coefficient (Wildman–Crippen LogP) is 5.96. The number of aliphatic hydroxyl groups is 1. The van der Waals surface area contributed by atoms with E-state index in [0.717, 1.165) is 27.9 Å². The molecule has 0 saturated carbocycles. The van der Waals surface area contributed by atoms with Crippen LogP contribution >= 0.6 is 0 Å². The normalized spacial score (nSPS) is 15.7. The lowest BCUT2D eigenvalue weighted by Gasteiger charge is -2.38. The fourth-order valence-electron chi connectivity index (χ4n) is 7.70. The molecular formula is C47H61N7O6. The van der Waals surface area contributed by atoms with E-state index in [0.29, 0.717) is 31.7 Å². The number of carbonyl (C=O) groups is 4. The average molecular weight is 820 g/mol. The van der Waals surface area contributed by atoms with Crippen molar-refractivity contribution in [2.45, 2.75) is 97.6 Å². The summed E-state index contributed by atoms with van der Waals surface area (Å²) in [6, 6.07) is 27.0. The summed E-state index contributed by atoms with van der Waals surface area (Å²) in [4.78, 5) is 62.7. The maximum absolute atomic E-state index is 14.6. The molecule has 1 saturated heterocycles. The van der Waals surface area contributed by atoms with Gasteiger partial charge in [-0.15, -0.1) is 0 Å². The van der Waals surface area contributed by atoms with Gasteiger partial charge >= 0.3 is 12.1 Å². The van der Waals surface area contributed by atoms with E-state index in [1.54, 1.807) is 22.1 Å². The first-order valence-corrected chi connectivity index (χ1v) is 20.5. The number of nitrogens with two attached hydrogens (primary N) is 1. The molecule has 4 aromatic rings. The fraction of sp³-hybridized carbons (Fsp3) is 0.426. The largest absolute Gasteiger partial charge is 0.453 e. The number of anilines is 1. The third kappa shape index (κ3) is 12.1. The highest BCUT2D eigenvalue weighted by Gasteiger charge is 2.44. The predicted molar refractivity (Wildman–Crippen MR) is 233 cm³/mol. The zero-order valence-electron chi connectivity index (χ0n) is 35.9. The molecule has 0 bridgehead atoms. The minimum Gasteiger partial charge on any atom is -0.453 e. The monoisotopic (exact) mass is 819 g/mol. The average Bonchev–Trinajstić information content (AvgIpc) is 3.55. The first-order chi connectivity index (χ1) is 28.4. The van der Waals surface area contributed by atoms with Crippen molar-refractivity contribution in [3.05, 3.63) is 120 Å². The summed E-state index contributed by atoms with van der Waals surface area (Å²) >= 11 is 0. The van der Waals surface area contributed by atoms with Gasteiger partial charge in [0.15, 0.2) is 0 Å². The molecule has 13 heteroatoms. The van der Waals surface area contributed by atoms with Crippen molar-refractivity contribution >= 4 is 29.6 Å². The lowest BCUT2D eigenvalue weighted by molar-refractivity contribution is -0.131. The van der Waals surface area contributed by atoms with E-state index in [1.165, 1.54) is 7.11 Å². The molecule has 0 aliphatic carbocycles. The molecule has 60 heavy (non-hydrogen) atoms. The number of urea groups is 1. The number of ether oxygens (including phenoxy) is 1. The van der Waals surface area contributed by atoms with Crippen LogP contribution in [0.15, 0.2) is 103 Å². The number of pyridine rings is 1. The summed E-state index contributed by atoms with van der Waals surface area (Å²) in [6.07, 6.45) is 0.512. The lowest BCUT2D eigenvalue weighted by atomic mass is 9.84. The molecule has 1 aliphatic rings. The zero-order valence-corrected chi connectivity index (χ0v) is 35.9. The second-order valence-electron chi connectivity index (χ2n) is 17.7. The van der Waals surface area contributed by atoms with Gasteiger partial charge in [-0.25, -0.2) is 9.59 Å². The molecule has 5 amide bonds. The summed E-state index contributed by atoms with van der Waals surface area (Å²) in [5.41, 5.74) is 9.81. The minimum absolute atomic E-state index is 0.0513. The van der Waals surface area contributed by atoms with Gasteiger partial charge in [0, 0.05) is 43.1 Å². The van der Waals surface area contributed by atoms with E-state index in [4.69, 9.17) is 10.5 Å². The van der Waals surface area contributed by atoms with Crippen LogP contribution < -0.4 is 21.7 Å². The third-order valence-electron chi connectivity index (χ3n) is 10.9. The van der Waals surface area contributed by atoms with Gasteiger partial charge in [0.05, 0.1) is 24.9 Å². The minimum atomic E-state index is -1.15. The van der Waals surface area contributed by atoms with E-state index in [1.807, 2.05) is 133 Å². The van der Waals surface area contributed by atoms with Gasteiger partial charge < -0.3 is 41.3 Å². The van der Waals surface area contributed by atoms with Gasteiger partial charge in [-0.3, -0.25) is 14.6 Å². The summed E-state index contributed by atoms with van der Waals surface area (Å²) in [5.74, 6) is -0.835. The van der Waals surface area contributed by atoms with Gasteiger partial charge in [0.25, 0.3) is 0 Å². The Labute approximate surface area is 354 Å². The quantitative estimate of drug-likeness (QED) is 0.0860. The number of methoxy groups -OCH3 is 1. The number of amides is 5. The molecule has 5 rings (SSSR count). The summed E-state index contributed by atoms with van der Waals surface area (Å²) in [6.45, 7) is 12.4. The second kappa shape index (κ2) is 19.9. The summed E-state index contributed by atoms with van der Waals surface area (Å²) in [7, 11) is 1.24. The smallest absolute Gasteiger partial charge is 0.407 e. The highest BCUT2D eigenvalue weighted by molar-refractivity contribution is 5.89. The summed E-state index contributed by atoms with van der Waals surface area (Å²) in [5, 5.41) is 21.2. The van der Waals surface area contributed by atoms with E-state index in [2.05, 4.69) is 20.9 Å².